The van der Waals surface area contributed by atoms with Gasteiger partial charge in [-0.25, -0.2) is 20.4 Å². The van der Waals surface area contributed by atoms with E-state index in [1.54, 1.807) is 13.3 Å². The van der Waals surface area contributed by atoms with Crippen LogP contribution < -0.4 is 10.7 Å². The lowest BCUT2D eigenvalue weighted by molar-refractivity contribution is -0.156. The fourth-order valence-electron chi connectivity index (χ4n) is 11.0. The number of benzene rings is 1. The average molecular weight is 976 g/mol. The van der Waals surface area contributed by atoms with E-state index in [9.17, 15) is 9.59 Å². The Morgan fingerprint density at radius 3 is 2.63 bits per heavy atom. The minimum Gasteiger partial charge on any atom is -0.464 e. The molecule has 2 amide bonds. The van der Waals surface area contributed by atoms with E-state index in [0.717, 1.165) is 63.2 Å². The van der Waals surface area contributed by atoms with Crippen molar-refractivity contribution in [3.63, 3.8) is 0 Å². The molecule has 4 aliphatic heterocycles. The van der Waals surface area contributed by atoms with E-state index in [2.05, 4.69) is 73.7 Å². The fourth-order valence-corrected chi connectivity index (χ4v) is 11.9. The van der Waals surface area contributed by atoms with Crippen molar-refractivity contribution < 1.29 is 38.1 Å². The number of aromatic nitrogens is 5. The van der Waals surface area contributed by atoms with Crippen LogP contribution in [0.15, 0.2) is 60.5 Å². The zero-order valence-electron chi connectivity index (χ0n) is 40.8. The molecule has 3 saturated heterocycles. The van der Waals surface area contributed by atoms with Gasteiger partial charge < -0.3 is 33.6 Å². The predicted octanol–water partition coefficient (Wildman–Crippen LogP) is 6.05. The summed E-state index contributed by atoms with van der Waals surface area (Å²) in [6, 6.07) is 9.97. The second-order valence-corrected chi connectivity index (χ2v) is 21.1. The molecule has 1 aliphatic carbocycles. The van der Waals surface area contributed by atoms with Crippen molar-refractivity contribution in [3.8, 4) is 22.5 Å². The normalized spacial score (nSPS) is 26.1. The molecule has 1 aromatic carbocycles. The Hall–Kier alpha value is -5.21. The Kier molecular flexibility index (Phi) is 14.4. The number of hydrogen-bond acceptors (Lipinski definition) is 15. The summed E-state index contributed by atoms with van der Waals surface area (Å²) in [5.74, 6) is -1.48. The second-order valence-electron chi connectivity index (χ2n) is 20.2. The predicted molar refractivity (Wildman–Crippen MR) is 262 cm³/mol. The maximum Gasteiger partial charge on any atom is 0.324 e. The average Bonchev–Trinajstić information content (AvgIpc) is 3.67. The molecule has 6 bridgehead atoms. The van der Waals surface area contributed by atoms with Gasteiger partial charge in [0.15, 0.2) is 0 Å². The lowest BCUT2D eigenvalue weighted by Gasteiger charge is -2.41. The molecule has 18 heteroatoms. The highest BCUT2D eigenvalue weighted by Gasteiger charge is 2.55. The molecule has 0 unspecified atom stereocenters. The quantitative estimate of drug-likeness (QED) is 0.146. The van der Waals surface area contributed by atoms with Crippen molar-refractivity contribution >= 4 is 40.0 Å². The molecule has 2 N–H and O–H groups in total. The molecule has 70 heavy (non-hydrogen) atoms. The minimum absolute atomic E-state index is 0.0110. The summed E-state index contributed by atoms with van der Waals surface area (Å²) in [7, 11) is 1.70. The van der Waals surface area contributed by atoms with Gasteiger partial charge >= 0.3 is 5.97 Å². The summed E-state index contributed by atoms with van der Waals surface area (Å²) in [5.41, 5.74) is 10.1. The molecule has 0 spiro atoms. The smallest absolute Gasteiger partial charge is 0.324 e. The SMILES string of the molecule is CO[C@@H](C)c1ncccc1-c1c2c3cc(ccc3n1CCOC1CCOCC1)-c1csc(n1)[C@@H](N1CCOCC1)[C@H](NC(=O)[C@@H]1[C@@H](C)[C@H]1c1ccncn1)C(=O)N1CCC[C@H](N1)C(=O)OCC(C)(C)C2. The molecule has 5 aromatic rings. The number of thiazole rings is 1. The summed E-state index contributed by atoms with van der Waals surface area (Å²) < 4.78 is 32.6. The zero-order valence-corrected chi connectivity index (χ0v) is 41.6. The van der Waals surface area contributed by atoms with Gasteiger partial charge in [-0.3, -0.25) is 29.3 Å². The monoisotopic (exact) mass is 975 g/mol. The first-order chi connectivity index (χ1) is 34.0. The Morgan fingerprint density at radius 2 is 1.84 bits per heavy atom. The third-order valence-corrected chi connectivity index (χ3v) is 15.8. The maximum atomic E-state index is 15.3. The number of pyridine rings is 1. The fraction of sp³-hybridized carbons (Fsp3) is 0.558. The largest absolute Gasteiger partial charge is 0.464 e. The minimum atomic E-state index is -1.05. The highest BCUT2D eigenvalue weighted by molar-refractivity contribution is 7.10. The molecule has 7 atom stereocenters. The van der Waals surface area contributed by atoms with Crippen LogP contribution in [-0.2, 0) is 51.0 Å². The number of nitrogens with zero attached hydrogens (tertiary/aromatic N) is 7. The standard InChI is InChI=1S/C52H65N9O8S/c1-31-42(38-12-16-53-30-55-38)43(31)48(62)57-45-47(59-18-23-67-24-19-59)49-56-40(28-70-49)33-10-11-41-36(26-33)37(27-52(3,4)29-69-51(64)39-9-7-17-61(58-39)50(45)63)46(35-8-6-15-54-44(35)32(2)65-5)60(41)20-25-68-34-13-21-66-22-14-34/h6,8,10-12,15-16,26,28,30-32,34,39,42-43,45,47,58H,7,9,13-14,17-25,27,29H2,1-5H3,(H,57,62)/t31-,32-,39-,42-,43+,45-,47-/m0/s1. The van der Waals surface area contributed by atoms with Crippen LogP contribution in [0.4, 0.5) is 0 Å². The lowest BCUT2D eigenvalue weighted by Crippen LogP contribution is -2.63. The lowest BCUT2D eigenvalue weighted by atomic mass is 9.84. The van der Waals surface area contributed by atoms with Gasteiger partial charge in [0.25, 0.3) is 5.91 Å². The van der Waals surface area contributed by atoms with E-state index in [1.807, 2.05) is 32.2 Å². The van der Waals surface area contributed by atoms with Gasteiger partial charge in [0.1, 0.15) is 23.4 Å². The Balaban J connectivity index is 1.10. The number of ether oxygens (including phenoxy) is 5. The highest BCUT2D eigenvalue weighted by Crippen LogP contribution is 2.53. The molecule has 0 radical (unpaired) electrons. The van der Waals surface area contributed by atoms with E-state index in [-0.39, 0.29) is 48.4 Å². The first-order valence-corrected chi connectivity index (χ1v) is 25.8. The number of morpholine rings is 1. The maximum absolute atomic E-state index is 15.3. The van der Waals surface area contributed by atoms with Gasteiger partial charge in [0, 0.05) is 109 Å². The van der Waals surface area contributed by atoms with Crippen LogP contribution >= 0.6 is 11.3 Å². The van der Waals surface area contributed by atoms with Crippen LogP contribution in [-0.4, -0.2) is 137 Å². The third kappa shape index (κ3) is 10.0. The molecule has 4 aromatic heterocycles. The number of methoxy groups -OCH3 is 1. The van der Waals surface area contributed by atoms with Gasteiger partial charge in [-0.15, -0.1) is 11.3 Å². The number of rotatable bonds is 11. The number of nitrogens with one attached hydrogen (secondary N) is 2. The van der Waals surface area contributed by atoms with E-state index < -0.39 is 29.5 Å². The molecular formula is C52H65N9O8S. The van der Waals surface area contributed by atoms with Gasteiger partial charge in [-0.1, -0.05) is 26.8 Å². The summed E-state index contributed by atoms with van der Waals surface area (Å²) in [6.45, 7) is 13.2. The van der Waals surface area contributed by atoms with E-state index in [4.69, 9.17) is 33.7 Å². The highest BCUT2D eigenvalue weighted by atomic mass is 32.1. The number of hydrogen-bond donors (Lipinski definition) is 2. The molecule has 8 heterocycles. The topological polar surface area (TPSA) is 184 Å². The van der Waals surface area contributed by atoms with E-state index >= 15 is 4.79 Å². The number of fused-ring (bicyclic) bond motifs is 6. The van der Waals surface area contributed by atoms with Crippen molar-refractivity contribution in [2.24, 2.45) is 17.3 Å². The van der Waals surface area contributed by atoms with Crippen LogP contribution in [0.1, 0.15) is 93.4 Å². The van der Waals surface area contributed by atoms with Crippen molar-refractivity contribution in [3.05, 3.63) is 82.5 Å². The van der Waals surface area contributed by atoms with E-state index in [1.165, 1.54) is 22.7 Å². The summed E-state index contributed by atoms with van der Waals surface area (Å²) in [6.07, 6.45) is 8.17. The number of esters is 1. The van der Waals surface area contributed by atoms with Gasteiger partial charge in [-0.2, -0.15) is 0 Å². The Bertz CT molecular complexity index is 2670. The van der Waals surface area contributed by atoms with Crippen LogP contribution in [0.5, 0.6) is 0 Å². The first-order valence-electron chi connectivity index (χ1n) is 24.9. The first kappa shape index (κ1) is 48.4. The number of amides is 2. The molecule has 5 aliphatic rings. The summed E-state index contributed by atoms with van der Waals surface area (Å²) >= 11 is 1.48. The van der Waals surface area contributed by atoms with Crippen molar-refractivity contribution in [2.45, 2.75) is 103 Å². The van der Waals surface area contributed by atoms with Crippen LogP contribution in [0.3, 0.4) is 0 Å². The zero-order chi connectivity index (χ0) is 48.5. The van der Waals surface area contributed by atoms with E-state index in [0.29, 0.717) is 83.5 Å². The molecular weight excluding hydrogens is 911 g/mol. The van der Waals surface area contributed by atoms with Gasteiger partial charge in [-0.05, 0) is 80.8 Å². The molecule has 10 rings (SSSR count). The number of carbonyl (C=O) groups is 3. The molecule has 372 valence electrons. The number of hydrazine groups is 1. The molecule has 17 nitrogen and oxygen atoms in total. The Morgan fingerprint density at radius 1 is 1.03 bits per heavy atom. The number of cyclic esters (lactones) is 1. The summed E-state index contributed by atoms with van der Waals surface area (Å²) in [5, 5.41) is 8.58. The third-order valence-electron chi connectivity index (χ3n) is 14.9. The van der Waals surface area contributed by atoms with Crippen LogP contribution in [0.2, 0.25) is 0 Å². The van der Waals surface area contributed by atoms with Crippen molar-refractivity contribution in [2.75, 3.05) is 66.4 Å². The van der Waals surface area contributed by atoms with Gasteiger partial charge in [0.2, 0.25) is 5.91 Å². The van der Waals surface area contributed by atoms with Crippen LogP contribution in [0.25, 0.3) is 33.4 Å². The van der Waals surface area contributed by atoms with Crippen molar-refractivity contribution in [1.82, 2.24) is 45.2 Å². The number of carbonyl (C=O) groups excluding carboxylic acids is 3. The summed E-state index contributed by atoms with van der Waals surface area (Å²) in [4.78, 5) is 65.1. The van der Waals surface area contributed by atoms with Gasteiger partial charge in [0.05, 0.1) is 61.8 Å². The van der Waals surface area contributed by atoms with Crippen LogP contribution in [0, 0.1) is 17.3 Å². The molecule has 4 fully saturated rings. The Labute approximate surface area is 413 Å². The van der Waals surface area contributed by atoms with Crippen molar-refractivity contribution in [1.29, 1.82) is 0 Å². The molecule has 1 saturated carbocycles. The second kappa shape index (κ2) is 20.9.